The van der Waals surface area contributed by atoms with Gasteiger partial charge in [-0.1, -0.05) is 6.07 Å². The van der Waals surface area contributed by atoms with E-state index in [9.17, 15) is 19.2 Å². The van der Waals surface area contributed by atoms with E-state index in [1.165, 1.54) is 48.2 Å². The average molecular weight is 350 g/mol. The van der Waals surface area contributed by atoms with Gasteiger partial charge >= 0.3 is 0 Å². The summed E-state index contributed by atoms with van der Waals surface area (Å²) in [6, 6.07) is 16.5. The molecule has 0 fully saturated rings. The Labute approximate surface area is 149 Å². The van der Waals surface area contributed by atoms with E-state index < -0.39 is 11.7 Å². The minimum Gasteiger partial charge on any atom is -0.508 e. The summed E-state index contributed by atoms with van der Waals surface area (Å²) in [6.07, 6.45) is 0. The number of aromatic hydroxyl groups is 1. The van der Waals surface area contributed by atoms with Gasteiger partial charge in [0.05, 0.1) is 0 Å². The molecule has 1 N–H and O–H groups in total. The molecule has 0 aliphatic rings. The number of nitrogens with zero attached hydrogens (tertiary/aromatic N) is 2. The Hall–Kier alpha value is -3.54. The van der Waals surface area contributed by atoms with Crippen LogP contribution >= 0.6 is 0 Å². The van der Waals surface area contributed by atoms with E-state index >= 15 is 0 Å². The third kappa shape index (κ3) is 3.30. The van der Waals surface area contributed by atoms with E-state index in [-0.39, 0.29) is 22.6 Å². The number of anilines is 2. The van der Waals surface area contributed by atoms with Crippen LogP contribution in [-0.4, -0.2) is 11.0 Å². The van der Waals surface area contributed by atoms with E-state index in [1.54, 1.807) is 30.3 Å². The average Bonchev–Trinajstić information content (AvgIpc) is 2.66. The normalized spacial score (nSPS) is 10.4. The van der Waals surface area contributed by atoms with Crippen LogP contribution in [0.25, 0.3) is 0 Å². The first-order chi connectivity index (χ1) is 12.5. The zero-order valence-corrected chi connectivity index (χ0v) is 13.9. The van der Waals surface area contributed by atoms with Gasteiger partial charge in [0.1, 0.15) is 17.3 Å². The maximum absolute atomic E-state index is 13.9. The quantitative estimate of drug-likeness (QED) is 0.656. The fourth-order valence-electron chi connectivity index (χ4n) is 2.61. The minimum absolute atomic E-state index is 0.0589. The second-order valence-electron chi connectivity index (χ2n) is 5.68. The third-order valence-electron chi connectivity index (χ3n) is 4.02. The standard InChI is InChI=1S/C20H15FN2O3/c1-13-18(3-2-4-19(13)21)20(25)23(16-9-11-17(24)12-10-16)15-7-5-14(22-26)6-8-15/h2-12,24H,1H3. The van der Waals surface area contributed by atoms with Crippen LogP contribution in [0, 0.1) is 17.6 Å². The van der Waals surface area contributed by atoms with Crippen molar-refractivity contribution in [2.45, 2.75) is 6.92 Å². The first kappa shape index (κ1) is 17.3. The number of phenols is 1. The van der Waals surface area contributed by atoms with Crippen molar-refractivity contribution in [3.63, 3.8) is 0 Å². The van der Waals surface area contributed by atoms with Crippen LogP contribution in [0.4, 0.5) is 21.5 Å². The van der Waals surface area contributed by atoms with Crippen molar-refractivity contribution < 1.29 is 14.3 Å². The summed E-state index contributed by atoms with van der Waals surface area (Å²) in [6.45, 7) is 1.54. The zero-order valence-electron chi connectivity index (χ0n) is 13.9. The van der Waals surface area contributed by atoms with Crippen LogP contribution < -0.4 is 4.90 Å². The summed E-state index contributed by atoms with van der Waals surface area (Å²) in [7, 11) is 0. The number of halogens is 1. The molecule has 0 aliphatic carbocycles. The number of rotatable bonds is 4. The van der Waals surface area contributed by atoms with Gasteiger partial charge in [0.2, 0.25) is 0 Å². The molecule has 0 saturated carbocycles. The van der Waals surface area contributed by atoms with Gasteiger partial charge in [0, 0.05) is 16.9 Å². The molecule has 0 bridgehead atoms. The van der Waals surface area contributed by atoms with Gasteiger partial charge in [0.15, 0.2) is 0 Å². The van der Waals surface area contributed by atoms with Crippen molar-refractivity contribution in [1.82, 2.24) is 0 Å². The summed E-state index contributed by atoms with van der Waals surface area (Å²) in [4.78, 5) is 25.2. The van der Waals surface area contributed by atoms with Crippen LogP contribution in [0.15, 0.2) is 71.9 Å². The molecule has 3 aromatic carbocycles. The molecule has 0 aliphatic heterocycles. The maximum Gasteiger partial charge on any atom is 0.263 e. The van der Waals surface area contributed by atoms with Gasteiger partial charge in [0.25, 0.3) is 5.91 Å². The number of amides is 1. The van der Waals surface area contributed by atoms with Crippen molar-refractivity contribution in [3.05, 3.63) is 88.6 Å². The number of hydrogen-bond donors (Lipinski definition) is 1. The fourth-order valence-corrected chi connectivity index (χ4v) is 2.61. The molecule has 0 unspecified atom stereocenters. The van der Waals surface area contributed by atoms with Crippen LogP contribution in [0.5, 0.6) is 5.75 Å². The van der Waals surface area contributed by atoms with Gasteiger partial charge in [-0.15, -0.1) is 4.91 Å². The Balaban J connectivity index is 2.13. The van der Waals surface area contributed by atoms with Crippen molar-refractivity contribution in [2.75, 3.05) is 4.90 Å². The third-order valence-corrected chi connectivity index (χ3v) is 4.02. The largest absolute Gasteiger partial charge is 0.508 e. The van der Waals surface area contributed by atoms with E-state index in [4.69, 9.17) is 0 Å². The molecular weight excluding hydrogens is 335 g/mol. The second-order valence-corrected chi connectivity index (χ2v) is 5.68. The van der Waals surface area contributed by atoms with Crippen molar-refractivity contribution in [3.8, 4) is 5.75 Å². The summed E-state index contributed by atoms with van der Waals surface area (Å²) < 4.78 is 13.9. The molecule has 1 amide bonds. The summed E-state index contributed by atoms with van der Waals surface area (Å²) in [5, 5.41) is 12.4. The molecule has 5 nitrogen and oxygen atoms in total. The molecule has 26 heavy (non-hydrogen) atoms. The van der Waals surface area contributed by atoms with Gasteiger partial charge in [-0.2, -0.15) is 0 Å². The molecular formula is C20H15FN2O3. The number of carbonyl (C=O) groups is 1. The molecule has 3 rings (SSSR count). The van der Waals surface area contributed by atoms with Gasteiger partial charge in [-0.3, -0.25) is 9.69 Å². The van der Waals surface area contributed by atoms with E-state index in [1.807, 2.05) is 0 Å². The predicted molar refractivity (Wildman–Crippen MR) is 97.6 cm³/mol. The van der Waals surface area contributed by atoms with Crippen LogP contribution in [0.1, 0.15) is 15.9 Å². The van der Waals surface area contributed by atoms with Gasteiger partial charge in [-0.05, 0) is 78.3 Å². The Bertz CT molecular complexity index is 954. The van der Waals surface area contributed by atoms with Crippen molar-refractivity contribution in [2.24, 2.45) is 5.18 Å². The van der Waals surface area contributed by atoms with Crippen LogP contribution in [-0.2, 0) is 0 Å². The van der Waals surface area contributed by atoms with E-state index in [2.05, 4.69) is 5.18 Å². The van der Waals surface area contributed by atoms with Gasteiger partial charge in [-0.25, -0.2) is 4.39 Å². The SMILES string of the molecule is Cc1c(F)cccc1C(=O)N(c1ccc(O)cc1)c1ccc(N=O)cc1. The highest BCUT2D eigenvalue weighted by atomic mass is 19.1. The lowest BCUT2D eigenvalue weighted by Crippen LogP contribution is -2.26. The van der Waals surface area contributed by atoms with Crippen molar-refractivity contribution >= 4 is 23.0 Å². The summed E-state index contributed by atoms with van der Waals surface area (Å²) in [5.74, 6) is -0.843. The number of hydrogen-bond acceptors (Lipinski definition) is 4. The fraction of sp³-hybridized carbons (Fsp3) is 0.0500. The second kappa shape index (κ2) is 7.14. The van der Waals surface area contributed by atoms with Gasteiger partial charge < -0.3 is 5.11 Å². The molecule has 0 heterocycles. The Kier molecular flexibility index (Phi) is 4.75. The monoisotopic (exact) mass is 350 g/mol. The highest BCUT2D eigenvalue weighted by Crippen LogP contribution is 2.31. The lowest BCUT2D eigenvalue weighted by molar-refractivity contribution is 0.0998. The molecule has 3 aromatic rings. The predicted octanol–water partition coefficient (Wildman–Crippen LogP) is 5.22. The van der Waals surface area contributed by atoms with Crippen LogP contribution in [0.3, 0.4) is 0 Å². The van der Waals surface area contributed by atoms with Crippen LogP contribution in [0.2, 0.25) is 0 Å². The lowest BCUT2D eigenvalue weighted by Gasteiger charge is -2.24. The smallest absolute Gasteiger partial charge is 0.263 e. The van der Waals surface area contributed by atoms with Crippen molar-refractivity contribution in [1.29, 1.82) is 0 Å². The number of nitroso groups, excluding NO2 is 1. The Morgan fingerprint density at radius 1 is 0.962 bits per heavy atom. The highest BCUT2D eigenvalue weighted by Gasteiger charge is 2.22. The first-order valence-electron chi connectivity index (χ1n) is 7.83. The van der Waals surface area contributed by atoms with E-state index in [0.717, 1.165) is 0 Å². The van der Waals surface area contributed by atoms with E-state index in [0.29, 0.717) is 11.4 Å². The maximum atomic E-state index is 13.9. The molecule has 0 radical (unpaired) electrons. The molecule has 6 heteroatoms. The Morgan fingerprint density at radius 2 is 1.54 bits per heavy atom. The first-order valence-corrected chi connectivity index (χ1v) is 7.83. The lowest BCUT2D eigenvalue weighted by atomic mass is 10.1. The number of phenolic OH excluding ortho intramolecular Hbond substituents is 1. The number of benzene rings is 3. The molecule has 0 spiro atoms. The highest BCUT2D eigenvalue weighted by molar-refractivity contribution is 6.11. The molecule has 0 saturated heterocycles. The topological polar surface area (TPSA) is 70.0 Å². The summed E-state index contributed by atoms with van der Waals surface area (Å²) in [5.41, 5.74) is 1.66. The molecule has 0 atom stereocenters. The summed E-state index contributed by atoms with van der Waals surface area (Å²) >= 11 is 0. The molecule has 0 aromatic heterocycles. The minimum atomic E-state index is -0.470. The number of carbonyl (C=O) groups excluding carboxylic acids is 1. The Morgan fingerprint density at radius 3 is 2.12 bits per heavy atom. The zero-order chi connectivity index (χ0) is 18.7. The molecule has 130 valence electrons.